The maximum Gasteiger partial charge on any atom is 0.262 e. The summed E-state index contributed by atoms with van der Waals surface area (Å²) in [5.41, 5.74) is 4.76. The Labute approximate surface area is 355 Å². The second-order valence-corrected chi connectivity index (χ2v) is 17.8. The molecule has 0 radical (unpaired) electrons. The molecule has 0 bridgehead atoms. The number of aromatic nitrogens is 1. The average molecular weight is 854 g/mol. The first-order chi connectivity index (χ1) is 29.8. The number of benzene rings is 3. The number of imide groups is 2. The number of amides is 5. The number of aromatic amines is 1. The summed E-state index contributed by atoms with van der Waals surface area (Å²) in [4.78, 5) is 76.5. The van der Waals surface area contributed by atoms with E-state index >= 15 is 8.78 Å². The number of anilines is 1. The number of carbonyl (C=O) groups is 5. The third-order valence-corrected chi connectivity index (χ3v) is 14.2. The lowest BCUT2D eigenvalue weighted by Crippen LogP contribution is -2.54. The van der Waals surface area contributed by atoms with Crippen LogP contribution in [-0.2, 0) is 33.9 Å². The minimum atomic E-state index is -2.69. The molecule has 7 heterocycles. The van der Waals surface area contributed by atoms with Crippen LogP contribution in [0.1, 0.15) is 100 Å². The molecule has 2 N–H and O–H groups in total. The Balaban J connectivity index is 0.757. The van der Waals surface area contributed by atoms with Crippen LogP contribution >= 0.6 is 0 Å². The minimum Gasteiger partial charge on any atom is -0.371 e. The van der Waals surface area contributed by atoms with Crippen molar-refractivity contribution in [2.45, 2.75) is 95.6 Å². The molecule has 1 unspecified atom stereocenters. The first-order valence-corrected chi connectivity index (χ1v) is 21.6. The highest BCUT2D eigenvalue weighted by Crippen LogP contribution is 2.44. The third kappa shape index (κ3) is 6.85. The number of H-pyrrole nitrogens is 1. The molecule has 12 nitrogen and oxygen atoms in total. The Bertz CT molecular complexity index is 2460. The lowest BCUT2D eigenvalue weighted by Gasteiger charge is -2.41. The van der Waals surface area contributed by atoms with E-state index in [1.54, 1.807) is 12.1 Å². The molecule has 62 heavy (non-hydrogen) atoms. The standard InChI is InChI=1S/C46H47F4N7O5/c1-24-16-31-30-4-2-3-5-36(30)51-41(31)42(56(24)23-38(49)50)40-34(47)19-29(20-35(40)48)53-12-8-25(9-13-53)44(60)54-14-10-28(11-15-54)55-21-26-17-32-33(18-27(26)22-55)46(62)57(45(32)61)37-6-7-39(58)52-43(37)59/h2-5,17-20,24-25,28,37-38,42,51H,6-16,21-23H2,1H3,(H,52,58,59)/t24-,37?,42-/m1/s1. The van der Waals surface area contributed by atoms with E-state index in [4.69, 9.17) is 0 Å². The van der Waals surface area contributed by atoms with Gasteiger partial charge in [-0.05, 0) is 92.5 Å². The molecule has 3 aromatic carbocycles. The normalized spacial score (nSPS) is 24.0. The molecule has 3 saturated heterocycles. The van der Waals surface area contributed by atoms with Crippen molar-refractivity contribution in [1.29, 1.82) is 0 Å². The van der Waals surface area contributed by atoms with Gasteiger partial charge in [-0.25, -0.2) is 17.6 Å². The monoisotopic (exact) mass is 853 g/mol. The van der Waals surface area contributed by atoms with Gasteiger partial charge in [-0.1, -0.05) is 18.2 Å². The van der Waals surface area contributed by atoms with Crippen LogP contribution in [-0.4, -0.2) is 111 Å². The molecular weight excluding hydrogens is 807 g/mol. The van der Waals surface area contributed by atoms with E-state index in [0.29, 0.717) is 69.9 Å². The van der Waals surface area contributed by atoms with E-state index in [0.717, 1.165) is 45.3 Å². The summed E-state index contributed by atoms with van der Waals surface area (Å²) < 4.78 is 60.4. The number of hydrogen-bond acceptors (Lipinski definition) is 8. The van der Waals surface area contributed by atoms with E-state index in [2.05, 4.69) is 15.2 Å². The maximum absolute atomic E-state index is 16.3. The number of fused-ring (bicyclic) bond motifs is 5. The molecule has 0 spiro atoms. The smallest absolute Gasteiger partial charge is 0.262 e. The van der Waals surface area contributed by atoms with Crippen LogP contribution in [0.5, 0.6) is 0 Å². The summed E-state index contributed by atoms with van der Waals surface area (Å²) in [7, 11) is 0. The van der Waals surface area contributed by atoms with Crippen LogP contribution in [0.2, 0.25) is 0 Å². The van der Waals surface area contributed by atoms with E-state index < -0.39 is 60.3 Å². The number of hydrogen-bond donors (Lipinski definition) is 2. The minimum absolute atomic E-state index is 0.0596. The number of carbonyl (C=O) groups excluding carboxylic acids is 5. The van der Waals surface area contributed by atoms with Gasteiger partial charge >= 0.3 is 0 Å². The SMILES string of the molecule is C[C@@H]1Cc2c([nH]c3ccccc23)[C@@H](c2c(F)cc(N3CCC(C(=O)N4CCC(N5Cc6cc7c(cc6C5)C(=O)N(C5CCC(=O)NC5=O)C7=O)CC4)CC3)cc2F)N1CC(F)F. The van der Waals surface area contributed by atoms with Gasteiger partial charge in [-0.15, -0.1) is 0 Å². The van der Waals surface area contributed by atoms with Gasteiger partial charge in [0.1, 0.15) is 17.7 Å². The molecule has 3 atom stereocenters. The molecule has 0 aliphatic carbocycles. The van der Waals surface area contributed by atoms with Crippen molar-refractivity contribution in [3.63, 3.8) is 0 Å². The molecule has 0 saturated carbocycles. The first kappa shape index (κ1) is 40.5. The Morgan fingerprint density at radius 3 is 2.11 bits per heavy atom. The zero-order chi connectivity index (χ0) is 43.1. The highest BCUT2D eigenvalue weighted by molar-refractivity contribution is 6.23. The van der Waals surface area contributed by atoms with Gasteiger partial charge in [0.15, 0.2) is 0 Å². The summed E-state index contributed by atoms with van der Waals surface area (Å²) in [5, 5.41) is 3.14. The Morgan fingerprint density at radius 2 is 1.48 bits per heavy atom. The zero-order valence-electron chi connectivity index (χ0n) is 34.3. The Morgan fingerprint density at radius 1 is 0.839 bits per heavy atom. The van der Waals surface area contributed by atoms with E-state index in [9.17, 15) is 32.8 Å². The van der Waals surface area contributed by atoms with Crippen LogP contribution in [0, 0.1) is 17.6 Å². The molecule has 6 aliphatic rings. The average Bonchev–Trinajstić information content (AvgIpc) is 3.92. The largest absolute Gasteiger partial charge is 0.371 e. The summed E-state index contributed by atoms with van der Waals surface area (Å²) in [6.45, 7) is 4.42. The van der Waals surface area contributed by atoms with Gasteiger partial charge in [0, 0.05) is 91.5 Å². The Hall–Kier alpha value is -5.61. The summed E-state index contributed by atoms with van der Waals surface area (Å²) in [6, 6.07) is 11.4. The second-order valence-electron chi connectivity index (χ2n) is 17.8. The van der Waals surface area contributed by atoms with Gasteiger partial charge in [0.2, 0.25) is 17.7 Å². The molecule has 6 aliphatic heterocycles. The van der Waals surface area contributed by atoms with Crippen LogP contribution in [0.3, 0.4) is 0 Å². The van der Waals surface area contributed by atoms with E-state index in [1.807, 2.05) is 41.0 Å². The van der Waals surface area contributed by atoms with Crippen molar-refractivity contribution in [2.75, 3.05) is 37.6 Å². The number of nitrogens with zero attached hydrogens (tertiary/aromatic N) is 5. The zero-order valence-corrected chi connectivity index (χ0v) is 34.3. The fourth-order valence-corrected chi connectivity index (χ4v) is 11.0. The Kier molecular flexibility index (Phi) is 10.2. The second kappa shape index (κ2) is 15.6. The molecule has 4 aromatic rings. The third-order valence-electron chi connectivity index (χ3n) is 14.2. The highest BCUT2D eigenvalue weighted by atomic mass is 19.3. The first-order valence-electron chi connectivity index (χ1n) is 21.6. The molecule has 324 valence electrons. The number of likely N-dealkylation sites (tertiary alicyclic amines) is 1. The number of halogens is 4. The van der Waals surface area contributed by atoms with Crippen LogP contribution in [0.4, 0.5) is 23.2 Å². The van der Waals surface area contributed by atoms with Crippen LogP contribution < -0.4 is 10.2 Å². The van der Waals surface area contributed by atoms with Crippen molar-refractivity contribution >= 4 is 46.1 Å². The van der Waals surface area contributed by atoms with Crippen molar-refractivity contribution in [1.82, 2.24) is 29.9 Å². The predicted octanol–water partition coefficient (Wildman–Crippen LogP) is 5.67. The number of para-hydroxylation sites is 1. The lowest BCUT2D eigenvalue weighted by molar-refractivity contribution is -0.138. The maximum atomic E-state index is 16.3. The van der Waals surface area contributed by atoms with E-state index in [1.165, 1.54) is 17.0 Å². The lowest BCUT2D eigenvalue weighted by atomic mass is 9.88. The molecule has 3 fully saturated rings. The van der Waals surface area contributed by atoms with Gasteiger partial charge in [-0.2, -0.15) is 0 Å². The van der Waals surface area contributed by atoms with Crippen molar-refractivity contribution < 1.29 is 41.5 Å². The van der Waals surface area contributed by atoms with Crippen molar-refractivity contribution in [3.8, 4) is 0 Å². The van der Waals surface area contributed by atoms with Gasteiger partial charge in [0.05, 0.1) is 23.7 Å². The predicted molar refractivity (Wildman–Crippen MR) is 219 cm³/mol. The summed E-state index contributed by atoms with van der Waals surface area (Å²) in [5.74, 6) is -3.85. The molecule has 10 rings (SSSR count). The highest BCUT2D eigenvalue weighted by Gasteiger charge is 2.46. The van der Waals surface area contributed by atoms with Gasteiger partial charge < -0.3 is 14.8 Å². The van der Waals surface area contributed by atoms with Gasteiger partial charge in [-0.3, -0.25) is 44.0 Å². The topological polar surface area (TPSA) is 129 Å². The summed E-state index contributed by atoms with van der Waals surface area (Å²) in [6.07, 6.45) is 0.509. The van der Waals surface area contributed by atoms with Crippen molar-refractivity contribution in [2.24, 2.45) is 5.92 Å². The van der Waals surface area contributed by atoms with Crippen LogP contribution in [0.25, 0.3) is 10.9 Å². The quantitative estimate of drug-likeness (QED) is 0.180. The fourth-order valence-electron chi connectivity index (χ4n) is 11.0. The van der Waals surface area contributed by atoms with Crippen molar-refractivity contribution in [3.05, 3.63) is 99.2 Å². The summed E-state index contributed by atoms with van der Waals surface area (Å²) >= 11 is 0. The van der Waals surface area contributed by atoms with Crippen LogP contribution in [0.15, 0.2) is 48.5 Å². The number of rotatable bonds is 7. The van der Waals surface area contributed by atoms with Gasteiger partial charge in [0.25, 0.3) is 18.2 Å². The molecule has 16 heteroatoms. The number of alkyl halides is 2. The van der Waals surface area contributed by atoms with E-state index in [-0.39, 0.29) is 53.4 Å². The molecule has 5 amide bonds. The fraction of sp³-hybridized carbons (Fsp3) is 0.457. The number of piperidine rings is 3. The number of nitrogens with one attached hydrogen (secondary N) is 2. The molecule has 1 aromatic heterocycles. The molecular formula is C46H47F4N7O5.